The molecule has 0 aromatic heterocycles. The summed E-state index contributed by atoms with van der Waals surface area (Å²) in [6.07, 6.45) is -0.495. The third kappa shape index (κ3) is 7.34. The van der Waals surface area contributed by atoms with Crippen molar-refractivity contribution in [2.24, 2.45) is 5.92 Å². The molecule has 25 heavy (non-hydrogen) atoms. The number of carboxylic acids is 1. The van der Waals surface area contributed by atoms with Crippen LogP contribution in [0, 0.1) is 5.92 Å². The molecule has 3 N–H and O–H groups in total. The van der Waals surface area contributed by atoms with E-state index in [1.54, 1.807) is 31.2 Å². The molecular formula is C18H26N2O5. The summed E-state index contributed by atoms with van der Waals surface area (Å²) >= 11 is 0. The first-order valence-electron chi connectivity index (χ1n) is 8.31. The molecule has 1 aromatic carbocycles. The molecule has 0 aliphatic rings. The summed E-state index contributed by atoms with van der Waals surface area (Å²) in [4.78, 5) is 35.4. The van der Waals surface area contributed by atoms with Crippen molar-refractivity contribution in [1.82, 2.24) is 10.6 Å². The van der Waals surface area contributed by atoms with E-state index in [1.165, 1.54) is 0 Å². The van der Waals surface area contributed by atoms with Crippen LogP contribution in [0.5, 0.6) is 0 Å². The molecule has 7 heteroatoms. The van der Waals surface area contributed by atoms with Crippen LogP contribution in [0.4, 0.5) is 0 Å². The molecule has 0 spiro atoms. The van der Waals surface area contributed by atoms with Gasteiger partial charge in [-0.3, -0.25) is 9.59 Å². The number of carboxylic acid groups (broad SMARTS) is 1. The Kier molecular flexibility index (Phi) is 8.63. The quantitative estimate of drug-likeness (QED) is 0.593. The molecule has 2 amide bonds. The van der Waals surface area contributed by atoms with Gasteiger partial charge in [0.1, 0.15) is 6.04 Å². The van der Waals surface area contributed by atoms with Gasteiger partial charge in [-0.1, -0.05) is 44.2 Å². The van der Waals surface area contributed by atoms with Crippen LogP contribution in [-0.4, -0.2) is 42.1 Å². The number of aliphatic carboxylic acids is 1. The van der Waals surface area contributed by atoms with Gasteiger partial charge in [-0.15, -0.1) is 0 Å². The second-order valence-corrected chi connectivity index (χ2v) is 6.05. The number of carbonyl (C=O) groups excluding carboxylic acids is 2. The lowest BCUT2D eigenvalue weighted by Gasteiger charge is -2.19. The third-order valence-corrected chi connectivity index (χ3v) is 3.44. The van der Waals surface area contributed by atoms with Crippen LogP contribution in [0.25, 0.3) is 0 Å². The van der Waals surface area contributed by atoms with Gasteiger partial charge in [0.05, 0.1) is 6.54 Å². The Bertz CT molecular complexity index is 574. The zero-order chi connectivity index (χ0) is 18.8. The summed E-state index contributed by atoms with van der Waals surface area (Å²) < 4.78 is 5.46. The van der Waals surface area contributed by atoms with E-state index in [2.05, 4.69) is 10.6 Å². The van der Waals surface area contributed by atoms with Crippen molar-refractivity contribution < 1.29 is 24.2 Å². The highest BCUT2D eigenvalue weighted by Gasteiger charge is 2.23. The van der Waals surface area contributed by atoms with E-state index >= 15 is 0 Å². The number of ether oxygens (including phenoxy) is 1. The van der Waals surface area contributed by atoms with Crippen LogP contribution in [0.3, 0.4) is 0 Å². The maximum atomic E-state index is 12.3. The normalized spacial score (nSPS) is 13.1. The summed E-state index contributed by atoms with van der Waals surface area (Å²) in [5.74, 6) is -1.97. The standard InChI is InChI=1S/C18H26N2O5/c1-4-25-16(13-8-6-5-7-9-13)17(22)19-11-15(21)20-14(18(23)24)10-12(2)3/h5-9,12,14,16H,4,10-11H2,1-3H3,(H,19,22)(H,20,21)(H,23,24)/t14-,16?/m0/s1. The largest absolute Gasteiger partial charge is 0.480 e. The maximum absolute atomic E-state index is 12.3. The van der Waals surface area contributed by atoms with Crippen molar-refractivity contribution in [3.05, 3.63) is 35.9 Å². The lowest BCUT2D eigenvalue weighted by atomic mass is 10.0. The van der Waals surface area contributed by atoms with Gasteiger partial charge < -0.3 is 20.5 Å². The second kappa shape index (κ2) is 10.5. The lowest BCUT2D eigenvalue weighted by Crippen LogP contribution is -2.46. The van der Waals surface area contributed by atoms with Gasteiger partial charge in [0, 0.05) is 6.61 Å². The van der Waals surface area contributed by atoms with Gasteiger partial charge in [0.2, 0.25) is 5.91 Å². The second-order valence-electron chi connectivity index (χ2n) is 6.05. The lowest BCUT2D eigenvalue weighted by molar-refractivity contribution is -0.142. The highest BCUT2D eigenvalue weighted by atomic mass is 16.5. The first-order valence-corrected chi connectivity index (χ1v) is 8.31. The Balaban J connectivity index is 2.60. The Labute approximate surface area is 147 Å². The molecule has 1 aromatic rings. The highest BCUT2D eigenvalue weighted by molar-refractivity contribution is 5.89. The van der Waals surface area contributed by atoms with Crippen LogP contribution < -0.4 is 10.6 Å². The van der Waals surface area contributed by atoms with Gasteiger partial charge >= 0.3 is 5.97 Å². The van der Waals surface area contributed by atoms with Gasteiger partial charge in [-0.2, -0.15) is 0 Å². The van der Waals surface area contributed by atoms with Crippen molar-refractivity contribution >= 4 is 17.8 Å². The fraction of sp³-hybridized carbons (Fsp3) is 0.500. The first kappa shape index (κ1) is 20.6. The predicted octanol–water partition coefficient (Wildman–Crippen LogP) is 1.50. The highest BCUT2D eigenvalue weighted by Crippen LogP contribution is 2.17. The van der Waals surface area contributed by atoms with E-state index in [4.69, 9.17) is 9.84 Å². The molecular weight excluding hydrogens is 324 g/mol. The molecule has 2 atom stereocenters. The number of hydrogen-bond donors (Lipinski definition) is 3. The molecule has 0 saturated heterocycles. The van der Waals surface area contributed by atoms with Crippen molar-refractivity contribution in [3.8, 4) is 0 Å². The smallest absolute Gasteiger partial charge is 0.326 e. The number of benzene rings is 1. The summed E-state index contributed by atoms with van der Waals surface area (Å²) in [7, 11) is 0. The van der Waals surface area contributed by atoms with Crippen molar-refractivity contribution in [1.29, 1.82) is 0 Å². The SMILES string of the molecule is CCOC(C(=O)NCC(=O)N[C@@H](CC(C)C)C(=O)O)c1ccccc1. The molecule has 0 saturated carbocycles. The number of amides is 2. The van der Waals surface area contributed by atoms with E-state index in [0.717, 1.165) is 0 Å². The van der Waals surface area contributed by atoms with Crippen LogP contribution >= 0.6 is 0 Å². The molecule has 0 aliphatic carbocycles. The molecule has 0 heterocycles. The topological polar surface area (TPSA) is 105 Å². The van der Waals surface area contributed by atoms with E-state index in [9.17, 15) is 14.4 Å². The minimum atomic E-state index is -1.09. The average molecular weight is 350 g/mol. The average Bonchev–Trinajstić information content (AvgIpc) is 2.57. The number of hydrogen-bond acceptors (Lipinski definition) is 4. The van der Waals surface area contributed by atoms with E-state index in [0.29, 0.717) is 18.6 Å². The van der Waals surface area contributed by atoms with Crippen molar-refractivity contribution in [2.45, 2.75) is 39.3 Å². The first-order chi connectivity index (χ1) is 11.8. The molecule has 0 radical (unpaired) electrons. The summed E-state index contributed by atoms with van der Waals surface area (Å²) in [5, 5.41) is 14.0. The minimum absolute atomic E-state index is 0.122. The summed E-state index contributed by atoms with van der Waals surface area (Å²) in [6.45, 7) is 5.55. The van der Waals surface area contributed by atoms with E-state index in [1.807, 2.05) is 19.9 Å². The van der Waals surface area contributed by atoms with Crippen LogP contribution in [0.1, 0.15) is 38.9 Å². The van der Waals surface area contributed by atoms with Crippen LogP contribution in [0.15, 0.2) is 30.3 Å². The molecule has 0 bridgehead atoms. The van der Waals surface area contributed by atoms with E-state index < -0.39 is 29.9 Å². The molecule has 1 unspecified atom stereocenters. The zero-order valence-electron chi connectivity index (χ0n) is 14.8. The van der Waals surface area contributed by atoms with Crippen LogP contribution in [0.2, 0.25) is 0 Å². The minimum Gasteiger partial charge on any atom is -0.480 e. The number of rotatable bonds is 10. The maximum Gasteiger partial charge on any atom is 0.326 e. The van der Waals surface area contributed by atoms with Gasteiger partial charge in [-0.05, 0) is 24.8 Å². The van der Waals surface area contributed by atoms with Crippen molar-refractivity contribution in [3.63, 3.8) is 0 Å². The molecule has 0 aliphatic heterocycles. The fourth-order valence-electron chi connectivity index (χ4n) is 2.32. The van der Waals surface area contributed by atoms with Crippen LogP contribution in [-0.2, 0) is 19.1 Å². The molecule has 1 rings (SSSR count). The monoisotopic (exact) mass is 350 g/mol. The Morgan fingerprint density at radius 1 is 1.16 bits per heavy atom. The summed E-state index contributed by atoms with van der Waals surface area (Å²) in [5.41, 5.74) is 0.686. The molecule has 0 fully saturated rings. The fourth-order valence-corrected chi connectivity index (χ4v) is 2.32. The number of carbonyl (C=O) groups is 3. The van der Waals surface area contributed by atoms with Gasteiger partial charge in [-0.25, -0.2) is 4.79 Å². The zero-order valence-corrected chi connectivity index (χ0v) is 14.8. The van der Waals surface area contributed by atoms with Gasteiger partial charge in [0.25, 0.3) is 5.91 Å². The molecule has 7 nitrogen and oxygen atoms in total. The third-order valence-electron chi connectivity index (χ3n) is 3.44. The Morgan fingerprint density at radius 2 is 1.80 bits per heavy atom. The van der Waals surface area contributed by atoms with Crippen molar-refractivity contribution in [2.75, 3.05) is 13.2 Å². The Morgan fingerprint density at radius 3 is 2.32 bits per heavy atom. The predicted molar refractivity (Wildman–Crippen MR) is 92.8 cm³/mol. The van der Waals surface area contributed by atoms with E-state index in [-0.39, 0.29) is 12.5 Å². The Hall–Kier alpha value is -2.41. The van der Waals surface area contributed by atoms with Gasteiger partial charge in [0.15, 0.2) is 6.10 Å². The summed E-state index contributed by atoms with van der Waals surface area (Å²) in [6, 6.07) is 7.99. The number of nitrogens with one attached hydrogen (secondary N) is 2. The molecule has 138 valence electrons.